The quantitative estimate of drug-likeness (QED) is 0.732. The number of nitrogens with two attached hydrogens (primary N) is 1. The molecule has 5 nitrogen and oxygen atoms in total. The minimum atomic E-state index is -0.287. The highest BCUT2D eigenvalue weighted by molar-refractivity contribution is 5.83. The van der Waals surface area contributed by atoms with E-state index in [9.17, 15) is 4.79 Å². The minimum Gasteiger partial charge on any atom is -0.356 e. The van der Waals surface area contributed by atoms with Crippen molar-refractivity contribution < 1.29 is 4.79 Å². The number of carbonyl (C=O) groups excluding carboxylic acids is 1. The Labute approximate surface area is 108 Å². The highest BCUT2D eigenvalue weighted by atomic mass is 16.2. The Hall–Kier alpha value is -1.36. The normalized spacial score (nSPS) is 26.7. The maximum atomic E-state index is 12.1. The monoisotopic (exact) mass is 250 g/mol. The van der Waals surface area contributed by atoms with Crippen LogP contribution in [0.2, 0.25) is 0 Å². The molecule has 0 aliphatic heterocycles. The molecular weight excluding hydrogens is 228 g/mol. The van der Waals surface area contributed by atoms with Gasteiger partial charge in [0, 0.05) is 32.0 Å². The second kappa shape index (κ2) is 5.52. The molecule has 0 radical (unpaired) electrons. The Kier molecular flexibility index (Phi) is 4.01. The van der Waals surface area contributed by atoms with E-state index in [2.05, 4.69) is 17.3 Å². The molecule has 0 saturated heterocycles. The van der Waals surface area contributed by atoms with Crippen molar-refractivity contribution in [1.82, 2.24) is 15.1 Å². The van der Waals surface area contributed by atoms with Crippen molar-refractivity contribution in [2.24, 2.45) is 17.1 Å². The molecule has 5 heteroatoms. The van der Waals surface area contributed by atoms with E-state index >= 15 is 0 Å². The van der Waals surface area contributed by atoms with Crippen molar-refractivity contribution in [3.63, 3.8) is 0 Å². The Morgan fingerprint density at radius 1 is 1.61 bits per heavy atom. The van der Waals surface area contributed by atoms with Crippen LogP contribution in [-0.2, 0) is 11.3 Å². The summed E-state index contributed by atoms with van der Waals surface area (Å²) in [6.45, 7) is 4.15. The molecule has 0 spiro atoms. The van der Waals surface area contributed by atoms with Crippen LogP contribution in [0.4, 0.5) is 0 Å². The summed E-state index contributed by atoms with van der Waals surface area (Å²) in [6.07, 6.45) is 6.43. The first-order valence-corrected chi connectivity index (χ1v) is 6.62. The van der Waals surface area contributed by atoms with Gasteiger partial charge in [-0.25, -0.2) is 0 Å². The summed E-state index contributed by atoms with van der Waals surface area (Å²) < 4.78 is 1.87. The number of aryl methyl sites for hydroxylation is 1. The number of nitrogens with zero attached hydrogens (tertiary/aromatic N) is 2. The molecule has 1 amide bonds. The summed E-state index contributed by atoms with van der Waals surface area (Å²) in [5, 5.41) is 7.12. The molecule has 1 heterocycles. The van der Waals surface area contributed by atoms with E-state index in [1.54, 1.807) is 6.20 Å². The number of nitrogens with one attached hydrogen (secondary N) is 1. The summed E-state index contributed by atoms with van der Waals surface area (Å²) in [4.78, 5) is 12.1. The largest absolute Gasteiger partial charge is 0.356 e. The molecule has 18 heavy (non-hydrogen) atoms. The zero-order chi connectivity index (χ0) is 13.0. The van der Waals surface area contributed by atoms with Gasteiger partial charge in [0.05, 0.1) is 5.41 Å². The molecule has 0 aromatic carbocycles. The van der Waals surface area contributed by atoms with E-state index in [0.29, 0.717) is 19.0 Å². The first-order chi connectivity index (χ1) is 8.66. The minimum absolute atomic E-state index is 0.128. The zero-order valence-corrected chi connectivity index (χ0v) is 10.9. The van der Waals surface area contributed by atoms with E-state index in [4.69, 9.17) is 5.73 Å². The van der Waals surface area contributed by atoms with Crippen LogP contribution >= 0.6 is 0 Å². The van der Waals surface area contributed by atoms with E-state index in [1.165, 1.54) is 0 Å². The molecule has 1 aromatic heterocycles. The Balaban J connectivity index is 1.68. The SMILES string of the molecule is CC1CC(CN)(C(=O)NCCCn2cccn2)C1. The van der Waals surface area contributed by atoms with Crippen molar-refractivity contribution >= 4 is 5.91 Å². The van der Waals surface area contributed by atoms with Gasteiger partial charge >= 0.3 is 0 Å². The Bertz CT molecular complexity index is 382. The van der Waals surface area contributed by atoms with Gasteiger partial charge in [-0.2, -0.15) is 5.10 Å². The summed E-state index contributed by atoms with van der Waals surface area (Å²) >= 11 is 0. The van der Waals surface area contributed by atoms with Crippen LogP contribution in [0, 0.1) is 11.3 Å². The van der Waals surface area contributed by atoms with Gasteiger partial charge in [0.15, 0.2) is 0 Å². The van der Waals surface area contributed by atoms with E-state index in [-0.39, 0.29) is 11.3 Å². The fraction of sp³-hybridized carbons (Fsp3) is 0.692. The average molecular weight is 250 g/mol. The van der Waals surface area contributed by atoms with Crippen molar-refractivity contribution in [3.05, 3.63) is 18.5 Å². The van der Waals surface area contributed by atoms with Crippen LogP contribution in [0.15, 0.2) is 18.5 Å². The van der Waals surface area contributed by atoms with Crippen LogP contribution in [-0.4, -0.2) is 28.8 Å². The Morgan fingerprint density at radius 2 is 2.39 bits per heavy atom. The molecular formula is C13H22N4O. The molecule has 0 bridgehead atoms. The standard InChI is InChI=1S/C13H22N4O/c1-11-8-13(9-11,10-14)12(18)15-4-2-6-17-7-3-5-16-17/h3,5,7,11H,2,4,6,8-10,14H2,1H3,(H,15,18). The molecule has 0 unspecified atom stereocenters. The third kappa shape index (κ3) is 2.72. The predicted octanol–water partition coefficient (Wildman–Crippen LogP) is 0.764. The van der Waals surface area contributed by atoms with Crippen LogP contribution < -0.4 is 11.1 Å². The molecule has 1 aliphatic rings. The number of hydrogen-bond donors (Lipinski definition) is 2. The van der Waals surface area contributed by atoms with Crippen LogP contribution in [0.25, 0.3) is 0 Å². The summed E-state index contributed by atoms with van der Waals surface area (Å²) in [5.41, 5.74) is 5.45. The lowest BCUT2D eigenvalue weighted by atomic mass is 9.62. The van der Waals surface area contributed by atoms with E-state index < -0.39 is 0 Å². The zero-order valence-electron chi connectivity index (χ0n) is 10.9. The van der Waals surface area contributed by atoms with Gasteiger partial charge in [0.1, 0.15) is 0 Å². The summed E-state index contributed by atoms with van der Waals surface area (Å²) in [5.74, 6) is 0.756. The second-order valence-electron chi connectivity index (χ2n) is 5.38. The fourth-order valence-electron chi connectivity index (χ4n) is 2.78. The van der Waals surface area contributed by atoms with Crippen molar-refractivity contribution in [2.75, 3.05) is 13.1 Å². The number of hydrogen-bond acceptors (Lipinski definition) is 3. The smallest absolute Gasteiger partial charge is 0.227 e. The summed E-state index contributed by atoms with van der Waals surface area (Å²) in [7, 11) is 0. The van der Waals surface area contributed by atoms with Gasteiger partial charge in [0.25, 0.3) is 0 Å². The first kappa shape index (κ1) is 13.1. The summed E-state index contributed by atoms with van der Waals surface area (Å²) in [6, 6.07) is 1.90. The number of rotatable bonds is 6. The lowest BCUT2D eigenvalue weighted by molar-refractivity contribution is -0.138. The molecule has 3 N–H and O–H groups in total. The Morgan fingerprint density at radius 3 is 2.94 bits per heavy atom. The van der Waals surface area contributed by atoms with Gasteiger partial charge in [-0.05, 0) is 31.2 Å². The lowest BCUT2D eigenvalue weighted by Gasteiger charge is -2.44. The topological polar surface area (TPSA) is 72.9 Å². The molecule has 2 rings (SSSR count). The van der Waals surface area contributed by atoms with Gasteiger partial charge < -0.3 is 11.1 Å². The molecule has 1 saturated carbocycles. The van der Waals surface area contributed by atoms with E-state index in [1.807, 2.05) is 16.9 Å². The van der Waals surface area contributed by atoms with Crippen LogP contribution in [0.1, 0.15) is 26.2 Å². The second-order valence-corrected chi connectivity index (χ2v) is 5.38. The highest BCUT2D eigenvalue weighted by Crippen LogP contribution is 2.44. The van der Waals surface area contributed by atoms with Crippen LogP contribution in [0.5, 0.6) is 0 Å². The van der Waals surface area contributed by atoms with Crippen molar-refractivity contribution in [3.8, 4) is 0 Å². The van der Waals surface area contributed by atoms with Gasteiger partial charge in [-0.15, -0.1) is 0 Å². The molecule has 1 aromatic rings. The van der Waals surface area contributed by atoms with Crippen molar-refractivity contribution in [2.45, 2.75) is 32.7 Å². The first-order valence-electron chi connectivity index (χ1n) is 6.62. The highest BCUT2D eigenvalue weighted by Gasteiger charge is 2.46. The maximum Gasteiger partial charge on any atom is 0.227 e. The van der Waals surface area contributed by atoms with Gasteiger partial charge in [-0.1, -0.05) is 6.92 Å². The number of aromatic nitrogens is 2. The third-order valence-corrected chi connectivity index (χ3v) is 3.76. The van der Waals surface area contributed by atoms with Crippen LogP contribution in [0.3, 0.4) is 0 Å². The predicted molar refractivity (Wildman–Crippen MR) is 69.7 cm³/mol. The average Bonchev–Trinajstić information content (AvgIpc) is 2.83. The number of amides is 1. The maximum absolute atomic E-state index is 12.1. The fourth-order valence-corrected chi connectivity index (χ4v) is 2.78. The van der Waals surface area contributed by atoms with Crippen molar-refractivity contribution in [1.29, 1.82) is 0 Å². The lowest BCUT2D eigenvalue weighted by Crippen LogP contribution is -2.53. The molecule has 0 atom stereocenters. The molecule has 100 valence electrons. The third-order valence-electron chi connectivity index (χ3n) is 3.76. The van der Waals surface area contributed by atoms with Gasteiger partial charge in [0.2, 0.25) is 5.91 Å². The van der Waals surface area contributed by atoms with E-state index in [0.717, 1.165) is 25.8 Å². The van der Waals surface area contributed by atoms with Gasteiger partial charge in [-0.3, -0.25) is 9.48 Å². The number of carbonyl (C=O) groups is 1. The molecule has 1 aliphatic carbocycles. The molecule has 1 fully saturated rings.